The quantitative estimate of drug-likeness (QED) is 0.378. The van der Waals surface area contributed by atoms with Gasteiger partial charge in [0, 0.05) is 17.8 Å². The molecule has 0 aliphatic heterocycles. The van der Waals surface area contributed by atoms with Crippen LogP contribution in [0.4, 0.5) is 0 Å². The van der Waals surface area contributed by atoms with Crippen LogP contribution in [-0.4, -0.2) is 4.57 Å². The number of aryl methyl sites for hydroxylation is 3. The van der Waals surface area contributed by atoms with E-state index in [1.54, 1.807) is 0 Å². The highest BCUT2D eigenvalue weighted by atomic mass is 15.0. The molecule has 0 saturated heterocycles. The van der Waals surface area contributed by atoms with Crippen LogP contribution in [0, 0.1) is 13.8 Å². The Hall–Kier alpha value is -3.06. The zero-order valence-electron chi connectivity index (χ0n) is 16.0. The Balaban J connectivity index is 1.79. The summed E-state index contributed by atoms with van der Waals surface area (Å²) < 4.78 is 2.47. The van der Waals surface area contributed by atoms with Gasteiger partial charge in [0.1, 0.15) is 0 Å². The molecule has 0 amide bonds. The van der Waals surface area contributed by atoms with Crippen molar-refractivity contribution in [2.75, 3.05) is 0 Å². The lowest BCUT2D eigenvalue weighted by atomic mass is 10.0. The van der Waals surface area contributed by atoms with Crippen LogP contribution < -0.4 is 0 Å². The molecule has 27 heavy (non-hydrogen) atoms. The molecule has 0 atom stereocenters. The van der Waals surface area contributed by atoms with Crippen LogP contribution in [0.15, 0.2) is 91.0 Å². The van der Waals surface area contributed by atoms with E-state index in [-0.39, 0.29) is 0 Å². The van der Waals surface area contributed by atoms with Gasteiger partial charge in [0.15, 0.2) is 0 Å². The van der Waals surface area contributed by atoms with E-state index in [4.69, 9.17) is 0 Å². The minimum atomic E-state index is 0.978. The first kappa shape index (κ1) is 17.4. The number of nitrogens with zero attached hydrogens (tertiary/aromatic N) is 1. The van der Waals surface area contributed by atoms with Crippen molar-refractivity contribution < 1.29 is 0 Å². The van der Waals surface area contributed by atoms with Crippen LogP contribution in [0.1, 0.15) is 16.8 Å². The number of benzene rings is 3. The molecule has 0 radical (unpaired) electrons. The van der Waals surface area contributed by atoms with Crippen LogP contribution in [0.25, 0.3) is 22.4 Å². The summed E-state index contributed by atoms with van der Waals surface area (Å²) in [6.07, 6.45) is 1.03. The maximum absolute atomic E-state index is 2.47. The van der Waals surface area contributed by atoms with Crippen LogP contribution >= 0.6 is 0 Å². The van der Waals surface area contributed by atoms with Gasteiger partial charge in [-0.25, -0.2) is 0 Å². The molecular formula is C26H25N. The zero-order valence-corrected chi connectivity index (χ0v) is 16.0. The Bertz CT molecular complexity index is 1010. The predicted molar refractivity (Wildman–Crippen MR) is 115 cm³/mol. The fourth-order valence-electron chi connectivity index (χ4n) is 3.71. The lowest BCUT2D eigenvalue weighted by Crippen LogP contribution is -2.05. The molecule has 1 aromatic heterocycles. The number of hydrogen-bond acceptors (Lipinski definition) is 0. The minimum absolute atomic E-state index is 0.978. The molecule has 0 bridgehead atoms. The number of aromatic nitrogens is 1. The van der Waals surface area contributed by atoms with Crippen molar-refractivity contribution in [2.45, 2.75) is 26.8 Å². The fraction of sp³-hybridized carbons (Fsp3) is 0.154. The molecular weight excluding hydrogens is 326 g/mol. The number of rotatable bonds is 5. The standard InChI is InChI=1S/C26H25N/c1-20-13-15-23(16-14-20)25-19-21(2)27(18-17-22-9-5-3-6-10-22)26(25)24-11-7-4-8-12-24/h3-16,19H,17-18H2,1-2H3. The maximum Gasteiger partial charge on any atom is 0.0562 e. The second-order valence-electron chi connectivity index (χ2n) is 7.17. The first-order valence-electron chi connectivity index (χ1n) is 9.59. The highest BCUT2D eigenvalue weighted by molar-refractivity contribution is 5.82. The molecule has 4 rings (SSSR count). The van der Waals surface area contributed by atoms with Gasteiger partial charge >= 0.3 is 0 Å². The summed E-state index contributed by atoms with van der Waals surface area (Å²) in [6, 6.07) is 32.7. The summed E-state index contributed by atoms with van der Waals surface area (Å²) in [6.45, 7) is 5.33. The van der Waals surface area contributed by atoms with Crippen LogP contribution in [0.5, 0.6) is 0 Å². The van der Waals surface area contributed by atoms with Crippen molar-refractivity contribution in [3.8, 4) is 22.4 Å². The summed E-state index contributed by atoms with van der Waals surface area (Å²) in [7, 11) is 0. The maximum atomic E-state index is 2.47. The Morgan fingerprint density at radius 3 is 1.96 bits per heavy atom. The van der Waals surface area contributed by atoms with Crippen molar-refractivity contribution in [1.82, 2.24) is 4.57 Å². The van der Waals surface area contributed by atoms with Gasteiger partial charge in [-0.3, -0.25) is 0 Å². The normalized spacial score (nSPS) is 10.9. The predicted octanol–water partition coefficient (Wildman–Crippen LogP) is 6.68. The topological polar surface area (TPSA) is 4.93 Å². The van der Waals surface area contributed by atoms with Gasteiger partial charge in [-0.2, -0.15) is 0 Å². The molecule has 0 N–H and O–H groups in total. The molecule has 1 heterocycles. The molecule has 134 valence electrons. The van der Waals surface area contributed by atoms with E-state index < -0.39 is 0 Å². The average Bonchev–Trinajstić information content (AvgIpc) is 3.04. The Morgan fingerprint density at radius 2 is 1.30 bits per heavy atom. The molecule has 3 aromatic carbocycles. The van der Waals surface area contributed by atoms with Gasteiger partial charge in [-0.1, -0.05) is 90.5 Å². The SMILES string of the molecule is Cc1ccc(-c2cc(C)n(CCc3ccccc3)c2-c2ccccc2)cc1. The summed E-state index contributed by atoms with van der Waals surface area (Å²) in [5.41, 5.74) is 9.15. The first-order valence-corrected chi connectivity index (χ1v) is 9.59. The summed E-state index contributed by atoms with van der Waals surface area (Å²) in [4.78, 5) is 0. The van der Waals surface area contributed by atoms with E-state index in [0.717, 1.165) is 13.0 Å². The molecule has 0 saturated carbocycles. The number of hydrogen-bond donors (Lipinski definition) is 0. The average molecular weight is 351 g/mol. The van der Waals surface area contributed by atoms with E-state index in [0.29, 0.717) is 0 Å². The van der Waals surface area contributed by atoms with E-state index in [1.807, 2.05) is 0 Å². The summed E-state index contributed by atoms with van der Waals surface area (Å²) in [5.74, 6) is 0. The third kappa shape index (κ3) is 3.73. The van der Waals surface area contributed by atoms with Crippen molar-refractivity contribution in [1.29, 1.82) is 0 Å². The Labute approximate surface area is 161 Å². The second kappa shape index (κ2) is 7.67. The van der Waals surface area contributed by atoms with Gasteiger partial charge in [0.25, 0.3) is 0 Å². The Morgan fingerprint density at radius 1 is 0.667 bits per heavy atom. The van der Waals surface area contributed by atoms with Crippen molar-refractivity contribution in [3.05, 3.63) is 108 Å². The smallest absolute Gasteiger partial charge is 0.0562 e. The highest BCUT2D eigenvalue weighted by Gasteiger charge is 2.16. The third-order valence-electron chi connectivity index (χ3n) is 5.18. The van der Waals surface area contributed by atoms with E-state index in [1.165, 1.54) is 39.2 Å². The van der Waals surface area contributed by atoms with Gasteiger partial charge in [-0.05, 0) is 43.0 Å². The zero-order chi connectivity index (χ0) is 18.6. The molecule has 0 aliphatic carbocycles. The van der Waals surface area contributed by atoms with E-state index in [9.17, 15) is 0 Å². The van der Waals surface area contributed by atoms with Crippen molar-refractivity contribution in [2.24, 2.45) is 0 Å². The second-order valence-corrected chi connectivity index (χ2v) is 7.17. The van der Waals surface area contributed by atoms with Crippen molar-refractivity contribution in [3.63, 3.8) is 0 Å². The molecule has 0 fully saturated rings. The molecule has 4 aromatic rings. The lowest BCUT2D eigenvalue weighted by molar-refractivity contribution is 0.688. The third-order valence-corrected chi connectivity index (χ3v) is 5.18. The molecule has 0 aliphatic rings. The van der Waals surface area contributed by atoms with Crippen molar-refractivity contribution >= 4 is 0 Å². The van der Waals surface area contributed by atoms with Gasteiger partial charge < -0.3 is 4.57 Å². The van der Waals surface area contributed by atoms with E-state index in [2.05, 4.69) is 109 Å². The van der Waals surface area contributed by atoms with Crippen LogP contribution in [-0.2, 0) is 13.0 Å². The summed E-state index contributed by atoms with van der Waals surface area (Å²) in [5, 5.41) is 0. The molecule has 0 unspecified atom stereocenters. The van der Waals surface area contributed by atoms with Gasteiger partial charge in [0.05, 0.1) is 5.69 Å². The highest BCUT2D eigenvalue weighted by Crippen LogP contribution is 2.35. The fourth-order valence-corrected chi connectivity index (χ4v) is 3.71. The minimum Gasteiger partial charge on any atom is -0.344 e. The van der Waals surface area contributed by atoms with E-state index >= 15 is 0 Å². The van der Waals surface area contributed by atoms with Gasteiger partial charge in [-0.15, -0.1) is 0 Å². The van der Waals surface area contributed by atoms with Crippen LogP contribution in [0.2, 0.25) is 0 Å². The first-order chi connectivity index (χ1) is 13.2. The molecule has 1 nitrogen and oxygen atoms in total. The summed E-state index contributed by atoms with van der Waals surface area (Å²) >= 11 is 0. The molecule has 0 spiro atoms. The largest absolute Gasteiger partial charge is 0.344 e. The van der Waals surface area contributed by atoms with Gasteiger partial charge in [0.2, 0.25) is 0 Å². The van der Waals surface area contributed by atoms with Crippen LogP contribution in [0.3, 0.4) is 0 Å². The molecule has 1 heteroatoms. The monoisotopic (exact) mass is 351 g/mol. The lowest BCUT2D eigenvalue weighted by Gasteiger charge is -2.14. The Kier molecular flexibility index (Phi) is 4.93.